The van der Waals surface area contributed by atoms with E-state index in [1.54, 1.807) is 18.2 Å². The summed E-state index contributed by atoms with van der Waals surface area (Å²) in [5.41, 5.74) is 2.71. The molecule has 1 aliphatic heterocycles. The third-order valence-electron chi connectivity index (χ3n) is 5.30. The fourth-order valence-corrected chi connectivity index (χ4v) is 3.84. The molecular formula is C24H26F2N4O2. The van der Waals surface area contributed by atoms with Crippen molar-refractivity contribution < 1.29 is 18.3 Å². The Morgan fingerprint density at radius 1 is 1.12 bits per heavy atom. The average Bonchev–Trinajstić information content (AvgIpc) is 3.45. The second-order valence-electron chi connectivity index (χ2n) is 8.12. The van der Waals surface area contributed by atoms with Gasteiger partial charge in [0.15, 0.2) is 0 Å². The second kappa shape index (κ2) is 9.38. The minimum absolute atomic E-state index is 0.0759. The molecule has 1 aromatic heterocycles. The van der Waals surface area contributed by atoms with Crippen LogP contribution in [0.1, 0.15) is 42.7 Å². The standard InChI is InChI=1S/C24H26F2N4O2/c1-15(2)32-23-8-6-17(26)11-19(23)21-13-18(28-29-21)14-27-24(31)20-12-16(25)5-7-22(20)30-9-3-4-10-30/h5-8,11-13,15H,3-4,9-10,14H2,1-2H3,(H,27,31)(H,28,29). The van der Waals surface area contributed by atoms with E-state index in [9.17, 15) is 13.6 Å². The SMILES string of the molecule is CC(C)Oc1ccc(F)cc1-c1cc(CNC(=O)c2cc(F)ccc2N2CCCC2)[nH]n1. The number of amides is 1. The number of carbonyl (C=O) groups is 1. The van der Waals surface area contributed by atoms with Crippen LogP contribution in [-0.4, -0.2) is 35.3 Å². The first kappa shape index (κ1) is 21.8. The highest BCUT2D eigenvalue weighted by atomic mass is 19.1. The lowest BCUT2D eigenvalue weighted by molar-refractivity contribution is 0.0950. The summed E-state index contributed by atoms with van der Waals surface area (Å²) in [6.07, 6.45) is 2.03. The number of benzene rings is 2. The Balaban J connectivity index is 1.50. The minimum Gasteiger partial charge on any atom is -0.490 e. The molecule has 2 N–H and O–H groups in total. The van der Waals surface area contributed by atoms with Gasteiger partial charge in [0, 0.05) is 24.3 Å². The molecular weight excluding hydrogens is 414 g/mol. The highest BCUT2D eigenvalue weighted by Crippen LogP contribution is 2.31. The largest absolute Gasteiger partial charge is 0.490 e. The van der Waals surface area contributed by atoms with E-state index in [1.165, 1.54) is 24.3 Å². The molecule has 2 aromatic carbocycles. The van der Waals surface area contributed by atoms with E-state index in [0.29, 0.717) is 28.3 Å². The van der Waals surface area contributed by atoms with Crippen LogP contribution in [0.3, 0.4) is 0 Å². The lowest BCUT2D eigenvalue weighted by Crippen LogP contribution is -2.27. The maximum atomic E-state index is 13.9. The van der Waals surface area contributed by atoms with Gasteiger partial charge in [0.25, 0.3) is 5.91 Å². The Labute approximate surface area is 185 Å². The van der Waals surface area contributed by atoms with Gasteiger partial charge in [0.2, 0.25) is 0 Å². The monoisotopic (exact) mass is 440 g/mol. The number of anilines is 1. The number of carbonyl (C=O) groups excluding carboxylic acids is 1. The molecule has 0 bridgehead atoms. The van der Waals surface area contributed by atoms with Gasteiger partial charge in [-0.3, -0.25) is 9.89 Å². The number of ether oxygens (including phenoxy) is 1. The van der Waals surface area contributed by atoms with Gasteiger partial charge in [-0.1, -0.05) is 0 Å². The van der Waals surface area contributed by atoms with Crippen molar-refractivity contribution >= 4 is 11.6 Å². The molecule has 2 heterocycles. The summed E-state index contributed by atoms with van der Waals surface area (Å²) in [7, 11) is 0. The first-order chi connectivity index (χ1) is 15.4. The zero-order valence-electron chi connectivity index (χ0n) is 18.1. The molecule has 8 heteroatoms. The van der Waals surface area contributed by atoms with Gasteiger partial charge >= 0.3 is 0 Å². The number of H-pyrrole nitrogens is 1. The van der Waals surface area contributed by atoms with Crippen molar-refractivity contribution in [2.75, 3.05) is 18.0 Å². The van der Waals surface area contributed by atoms with Crippen molar-refractivity contribution in [2.24, 2.45) is 0 Å². The van der Waals surface area contributed by atoms with Crippen molar-refractivity contribution in [3.63, 3.8) is 0 Å². The molecule has 6 nitrogen and oxygen atoms in total. The normalized spacial score (nSPS) is 13.6. The Hall–Kier alpha value is -3.42. The van der Waals surface area contributed by atoms with E-state index < -0.39 is 11.6 Å². The highest BCUT2D eigenvalue weighted by molar-refractivity contribution is 5.99. The molecule has 0 saturated carbocycles. The number of nitrogens with zero attached hydrogens (tertiary/aromatic N) is 2. The highest BCUT2D eigenvalue weighted by Gasteiger charge is 2.20. The third-order valence-corrected chi connectivity index (χ3v) is 5.30. The van der Waals surface area contributed by atoms with Crippen LogP contribution in [0.25, 0.3) is 11.3 Å². The molecule has 0 atom stereocenters. The molecule has 1 fully saturated rings. The van der Waals surface area contributed by atoms with Gasteiger partial charge in [-0.15, -0.1) is 0 Å². The summed E-state index contributed by atoms with van der Waals surface area (Å²) in [5.74, 6) is -0.684. The fraction of sp³-hybridized carbons (Fsp3) is 0.333. The summed E-state index contributed by atoms with van der Waals surface area (Å²) in [4.78, 5) is 14.9. The van der Waals surface area contributed by atoms with Gasteiger partial charge in [0.05, 0.1) is 29.6 Å². The molecule has 0 radical (unpaired) electrons. The van der Waals surface area contributed by atoms with Gasteiger partial charge in [-0.2, -0.15) is 5.10 Å². The number of rotatable bonds is 7. The van der Waals surface area contributed by atoms with E-state index >= 15 is 0 Å². The Morgan fingerprint density at radius 3 is 2.59 bits per heavy atom. The van der Waals surface area contributed by atoms with E-state index in [4.69, 9.17) is 4.74 Å². The number of hydrogen-bond acceptors (Lipinski definition) is 4. The topological polar surface area (TPSA) is 70.2 Å². The molecule has 4 rings (SSSR count). The zero-order chi connectivity index (χ0) is 22.7. The fourth-order valence-electron chi connectivity index (χ4n) is 3.84. The van der Waals surface area contributed by atoms with Gasteiger partial charge in [-0.05, 0) is 69.2 Å². The van der Waals surface area contributed by atoms with Crippen molar-refractivity contribution in [1.29, 1.82) is 0 Å². The van der Waals surface area contributed by atoms with E-state index in [-0.39, 0.29) is 18.6 Å². The van der Waals surface area contributed by atoms with Crippen LogP contribution < -0.4 is 15.0 Å². The Morgan fingerprint density at radius 2 is 1.84 bits per heavy atom. The van der Waals surface area contributed by atoms with Crippen LogP contribution in [0.5, 0.6) is 5.75 Å². The number of aromatic amines is 1. The summed E-state index contributed by atoms with van der Waals surface area (Å²) < 4.78 is 33.4. The Kier molecular flexibility index (Phi) is 6.39. The predicted molar refractivity (Wildman–Crippen MR) is 119 cm³/mol. The first-order valence-corrected chi connectivity index (χ1v) is 10.7. The van der Waals surface area contributed by atoms with Crippen LogP contribution in [0.4, 0.5) is 14.5 Å². The first-order valence-electron chi connectivity index (χ1n) is 10.7. The molecule has 32 heavy (non-hydrogen) atoms. The second-order valence-corrected chi connectivity index (χ2v) is 8.12. The average molecular weight is 440 g/mol. The van der Waals surface area contributed by atoms with Crippen LogP contribution in [-0.2, 0) is 6.54 Å². The van der Waals surface area contributed by atoms with Crippen LogP contribution in [0.2, 0.25) is 0 Å². The summed E-state index contributed by atoms with van der Waals surface area (Å²) in [6.45, 7) is 5.65. The van der Waals surface area contributed by atoms with Crippen molar-refractivity contribution in [3.05, 3.63) is 65.4 Å². The summed E-state index contributed by atoms with van der Waals surface area (Å²) in [5, 5.41) is 9.94. The lowest BCUT2D eigenvalue weighted by Gasteiger charge is -2.21. The third kappa shape index (κ3) is 4.90. The van der Waals surface area contributed by atoms with E-state index in [0.717, 1.165) is 31.6 Å². The molecule has 168 valence electrons. The molecule has 1 saturated heterocycles. The number of hydrogen-bond donors (Lipinski definition) is 2. The van der Waals surface area contributed by atoms with Crippen LogP contribution in [0.15, 0.2) is 42.5 Å². The van der Waals surface area contributed by atoms with Crippen molar-refractivity contribution in [1.82, 2.24) is 15.5 Å². The number of halogens is 2. The maximum Gasteiger partial charge on any atom is 0.253 e. The molecule has 1 amide bonds. The minimum atomic E-state index is -0.453. The molecule has 0 spiro atoms. The maximum absolute atomic E-state index is 13.9. The number of nitrogens with one attached hydrogen (secondary N) is 2. The number of aromatic nitrogens is 2. The summed E-state index contributed by atoms with van der Waals surface area (Å²) >= 11 is 0. The quantitative estimate of drug-likeness (QED) is 0.560. The van der Waals surface area contributed by atoms with Gasteiger partial charge in [-0.25, -0.2) is 8.78 Å². The van der Waals surface area contributed by atoms with Crippen LogP contribution in [0, 0.1) is 11.6 Å². The molecule has 0 unspecified atom stereocenters. The molecule has 0 aliphatic carbocycles. The lowest BCUT2D eigenvalue weighted by atomic mass is 10.1. The molecule has 3 aromatic rings. The van der Waals surface area contributed by atoms with E-state index in [2.05, 4.69) is 20.4 Å². The van der Waals surface area contributed by atoms with E-state index in [1.807, 2.05) is 13.8 Å². The van der Waals surface area contributed by atoms with Crippen molar-refractivity contribution in [3.8, 4) is 17.0 Å². The smallest absolute Gasteiger partial charge is 0.253 e. The van der Waals surface area contributed by atoms with Crippen LogP contribution >= 0.6 is 0 Å². The van der Waals surface area contributed by atoms with Gasteiger partial charge in [0.1, 0.15) is 17.4 Å². The summed E-state index contributed by atoms with van der Waals surface area (Å²) in [6, 6.07) is 10.3. The predicted octanol–water partition coefficient (Wildman–Crippen LogP) is 4.67. The molecule has 1 aliphatic rings. The van der Waals surface area contributed by atoms with Gasteiger partial charge < -0.3 is 15.0 Å². The Bertz CT molecular complexity index is 1110. The van der Waals surface area contributed by atoms with Crippen molar-refractivity contribution in [2.45, 2.75) is 39.3 Å². The zero-order valence-corrected chi connectivity index (χ0v) is 18.1.